The molecule has 142 valence electrons. The van der Waals surface area contributed by atoms with Crippen LogP contribution >= 0.6 is 0 Å². The van der Waals surface area contributed by atoms with E-state index in [2.05, 4.69) is 20.8 Å². The summed E-state index contributed by atoms with van der Waals surface area (Å²) in [7, 11) is 0. The van der Waals surface area contributed by atoms with Crippen LogP contribution in [-0.4, -0.2) is 22.2 Å². The van der Waals surface area contributed by atoms with Crippen LogP contribution in [0.1, 0.15) is 104 Å². The van der Waals surface area contributed by atoms with Gasteiger partial charge in [0.25, 0.3) is 0 Å². The van der Waals surface area contributed by atoms with Crippen LogP contribution in [0, 0.1) is 11.3 Å². The molecule has 0 aromatic rings. The summed E-state index contributed by atoms with van der Waals surface area (Å²) in [5, 5.41) is 17.9. The van der Waals surface area contributed by atoms with Crippen molar-refractivity contribution >= 4 is 11.9 Å². The number of aliphatic carboxylic acids is 2. The highest BCUT2D eigenvalue weighted by atomic mass is 16.4. The second-order valence-corrected chi connectivity index (χ2v) is 7.29. The van der Waals surface area contributed by atoms with Gasteiger partial charge >= 0.3 is 11.9 Å². The standard InChI is InChI=1S/C20H38O4/c1-4-7-13-20(14-8-5-2,15-9-6-3)16-11-10-12-17(18(21)22)19(23)24/h17H,4-16H2,1-3H3,(H,21,22)(H,23,24). The SMILES string of the molecule is CCCCC(CCCC)(CCCC)CCCCC(C(=O)O)C(=O)O. The van der Waals surface area contributed by atoms with Gasteiger partial charge in [-0.1, -0.05) is 72.1 Å². The Kier molecular flexibility index (Phi) is 12.7. The summed E-state index contributed by atoms with van der Waals surface area (Å²) in [6, 6.07) is 0. The van der Waals surface area contributed by atoms with Crippen molar-refractivity contribution in [3.05, 3.63) is 0 Å². The molecule has 0 heterocycles. The van der Waals surface area contributed by atoms with Crippen molar-refractivity contribution in [1.29, 1.82) is 0 Å². The van der Waals surface area contributed by atoms with Gasteiger partial charge in [-0.3, -0.25) is 9.59 Å². The topological polar surface area (TPSA) is 74.6 Å². The Morgan fingerprint density at radius 3 is 1.42 bits per heavy atom. The molecule has 24 heavy (non-hydrogen) atoms. The second kappa shape index (κ2) is 13.3. The van der Waals surface area contributed by atoms with Gasteiger partial charge in [0.15, 0.2) is 5.92 Å². The molecule has 4 nitrogen and oxygen atoms in total. The highest BCUT2D eigenvalue weighted by Crippen LogP contribution is 2.41. The third-order valence-electron chi connectivity index (χ3n) is 5.23. The molecule has 0 radical (unpaired) electrons. The zero-order valence-corrected chi connectivity index (χ0v) is 16.0. The first kappa shape index (κ1) is 22.9. The highest BCUT2D eigenvalue weighted by Gasteiger charge is 2.29. The molecule has 0 rings (SSSR count). The van der Waals surface area contributed by atoms with Gasteiger partial charge in [-0.15, -0.1) is 0 Å². The second-order valence-electron chi connectivity index (χ2n) is 7.29. The molecule has 0 aliphatic rings. The Labute approximate surface area is 148 Å². The van der Waals surface area contributed by atoms with E-state index in [1.165, 1.54) is 57.8 Å². The minimum absolute atomic E-state index is 0.246. The van der Waals surface area contributed by atoms with Crippen LogP contribution in [0.2, 0.25) is 0 Å². The fourth-order valence-electron chi connectivity index (χ4n) is 3.61. The first-order chi connectivity index (χ1) is 11.4. The summed E-state index contributed by atoms with van der Waals surface area (Å²) in [5.41, 5.74) is 0.379. The molecule has 0 aliphatic carbocycles. The van der Waals surface area contributed by atoms with Crippen LogP contribution < -0.4 is 0 Å². The lowest BCUT2D eigenvalue weighted by Crippen LogP contribution is -2.24. The van der Waals surface area contributed by atoms with E-state index >= 15 is 0 Å². The fraction of sp³-hybridized carbons (Fsp3) is 0.900. The summed E-state index contributed by atoms with van der Waals surface area (Å²) in [6.45, 7) is 6.69. The zero-order chi connectivity index (χ0) is 18.4. The van der Waals surface area contributed by atoms with Gasteiger partial charge in [-0.2, -0.15) is 0 Å². The van der Waals surface area contributed by atoms with Gasteiger partial charge < -0.3 is 10.2 Å². The van der Waals surface area contributed by atoms with E-state index in [0.717, 1.165) is 12.8 Å². The third kappa shape index (κ3) is 9.29. The minimum atomic E-state index is -1.25. The van der Waals surface area contributed by atoms with E-state index in [4.69, 9.17) is 10.2 Å². The van der Waals surface area contributed by atoms with Crippen LogP contribution in [0.4, 0.5) is 0 Å². The Bertz CT molecular complexity index is 316. The van der Waals surface area contributed by atoms with Gasteiger partial charge in [-0.25, -0.2) is 0 Å². The predicted molar refractivity (Wildman–Crippen MR) is 98.2 cm³/mol. The molecule has 0 saturated heterocycles. The van der Waals surface area contributed by atoms with Gasteiger partial charge in [0, 0.05) is 0 Å². The molecule has 0 aromatic carbocycles. The zero-order valence-electron chi connectivity index (χ0n) is 16.0. The van der Waals surface area contributed by atoms with E-state index in [1.807, 2.05) is 0 Å². The van der Waals surface area contributed by atoms with E-state index < -0.39 is 17.9 Å². The number of unbranched alkanes of at least 4 members (excludes halogenated alkanes) is 4. The minimum Gasteiger partial charge on any atom is -0.481 e. The molecule has 0 atom stereocenters. The van der Waals surface area contributed by atoms with Crippen molar-refractivity contribution in [3.8, 4) is 0 Å². The number of hydrogen-bond acceptors (Lipinski definition) is 2. The molecule has 2 N–H and O–H groups in total. The number of hydrogen-bond donors (Lipinski definition) is 2. The Morgan fingerprint density at radius 1 is 0.708 bits per heavy atom. The summed E-state index contributed by atoms with van der Waals surface area (Å²) in [5.74, 6) is -3.67. The molecule has 0 unspecified atom stereocenters. The van der Waals surface area contributed by atoms with E-state index in [0.29, 0.717) is 11.8 Å². The van der Waals surface area contributed by atoms with E-state index in [1.54, 1.807) is 0 Å². The molecule has 0 fully saturated rings. The van der Waals surface area contributed by atoms with Crippen molar-refractivity contribution < 1.29 is 19.8 Å². The molecule has 0 aliphatic heterocycles. The molecular formula is C20H38O4. The molecule has 4 heteroatoms. The lowest BCUT2D eigenvalue weighted by Gasteiger charge is -2.35. The number of rotatable bonds is 16. The average Bonchev–Trinajstić information content (AvgIpc) is 2.54. The van der Waals surface area contributed by atoms with Crippen LogP contribution in [-0.2, 0) is 9.59 Å². The molecule has 0 spiro atoms. The number of carboxylic acid groups (broad SMARTS) is 2. The molecule has 0 aromatic heterocycles. The van der Waals surface area contributed by atoms with Gasteiger partial charge in [0.2, 0.25) is 0 Å². The summed E-state index contributed by atoms with van der Waals surface area (Å²) in [6.07, 6.45) is 14.1. The van der Waals surface area contributed by atoms with E-state index in [9.17, 15) is 9.59 Å². The predicted octanol–water partition coefficient (Wildman–Crippen LogP) is 5.89. The van der Waals surface area contributed by atoms with Crippen molar-refractivity contribution in [2.75, 3.05) is 0 Å². The van der Waals surface area contributed by atoms with Crippen LogP contribution in [0.25, 0.3) is 0 Å². The Morgan fingerprint density at radius 2 is 1.08 bits per heavy atom. The fourth-order valence-corrected chi connectivity index (χ4v) is 3.61. The normalized spacial score (nSPS) is 11.8. The summed E-state index contributed by atoms with van der Waals surface area (Å²) in [4.78, 5) is 22.0. The summed E-state index contributed by atoms with van der Waals surface area (Å²) < 4.78 is 0. The maximum atomic E-state index is 11.0. The number of carbonyl (C=O) groups is 2. The maximum Gasteiger partial charge on any atom is 0.317 e. The molecule has 0 saturated carbocycles. The van der Waals surface area contributed by atoms with Crippen LogP contribution in [0.3, 0.4) is 0 Å². The average molecular weight is 343 g/mol. The molecule has 0 bridgehead atoms. The number of carboxylic acids is 2. The van der Waals surface area contributed by atoms with Gasteiger partial charge in [0.1, 0.15) is 0 Å². The Balaban J connectivity index is 4.65. The van der Waals surface area contributed by atoms with Gasteiger partial charge in [-0.05, 0) is 37.5 Å². The van der Waals surface area contributed by atoms with Crippen LogP contribution in [0.15, 0.2) is 0 Å². The molecule has 0 amide bonds. The monoisotopic (exact) mass is 342 g/mol. The van der Waals surface area contributed by atoms with Crippen molar-refractivity contribution in [3.63, 3.8) is 0 Å². The quantitative estimate of drug-likeness (QED) is 0.271. The molecular weight excluding hydrogens is 304 g/mol. The summed E-state index contributed by atoms with van der Waals surface area (Å²) >= 11 is 0. The maximum absolute atomic E-state index is 11.0. The first-order valence-corrected chi connectivity index (χ1v) is 9.88. The van der Waals surface area contributed by atoms with Gasteiger partial charge in [0.05, 0.1) is 0 Å². The van der Waals surface area contributed by atoms with E-state index in [-0.39, 0.29) is 6.42 Å². The van der Waals surface area contributed by atoms with Crippen LogP contribution in [0.5, 0.6) is 0 Å². The van der Waals surface area contributed by atoms with Crippen molar-refractivity contribution in [2.24, 2.45) is 11.3 Å². The van der Waals surface area contributed by atoms with Crippen molar-refractivity contribution in [2.45, 2.75) is 104 Å². The first-order valence-electron chi connectivity index (χ1n) is 9.88. The Hall–Kier alpha value is -1.06. The smallest absolute Gasteiger partial charge is 0.317 e. The third-order valence-corrected chi connectivity index (χ3v) is 5.23. The highest BCUT2D eigenvalue weighted by molar-refractivity contribution is 5.92. The lowest BCUT2D eigenvalue weighted by molar-refractivity contribution is -0.154. The lowest BCUT2D eigenvalue weighted by atomic mass is 9.71. The van der Waals surface area contributed by atoms with Crippen molar-refractivity contribution in [1.82, 2.24) is 0 Å². The largest absolute Gasteiger partial charge is 0.481 e.